The van der Waals surface area contributed by atoms with Crippen LogP contribution in [0, 0.1) is 16.0 Å². The number of rotatable bonds is 7. The molecule has 1 atom stereocenters. The summed E-state index contributed by atoms with van der Waals surface area (Å²) in [5.74, 6) is 0.867. The van der Waals surface area contributed by atoms with E-state index in [9.17, 15) is 14.9 Å². The number of nitrogens with zero attached hydrogens (tertiary/aromatic N) is 2. The fourth-order valence-corrected chi connectivity index (χ4v) is 2.88. The Balaban J connectivity index is 0.00000312. The number of halogens is 1. The largest absolute Gasteiger partial charge is 0.490 e. The van der Waals surface area contributed by atoms with Crippen LogP contribution in [0.4, 0.5) is 5.69 Å². The summed E-state index contributed by atoms with van der Waals surface area (Å²) in [5.41, 5.74) is -0.137. The number of likely N-dealkylation sites (tertiary alicyclic amines) is 1. The van der Waals surface area contributed by atoms with Crippen molar-refractivity contribution >= 4 is 24.0 Å². The van der Waals surface area contributed by atoms with E-state index in [1.54, 1.807) is 0 Å². The number of ether oxygens (including phenoxy) is 2. The lowest BCUT2D eigenvalue weighted by molar-refractivity contribution is -0.385. The molecule has 1 heterocycles. The lowest BCUT2D eigenvalue weighted by atomic mass is 9.98. The van der Waals surface area contributed by atoms with Crippen LogP contribution in [0.3, 0.4) is 0 Å². The SMILES string of the molecule is CNCC1CCCN(C(=O)COc2ccc([N+](=O)[O-])c(OC)c2)C1.Cl. The summed E-state index contributed by atoms with van der Waals surface area (Å²) in [6.45, 7) is 2.27. The van der Waals surface area contributed by atoms with Gasteiger partial charge in [0.2, 0.25) is 5.75 Å². The van der Waals surface area contributed by atoms with Gasteiger partial charge in [-0.2, -0.15) is 0 Å². The van der Waals surface area contributed by atoms with Gasteiger partial charge in [0.1, 0.15) is 5.75 Å². The summed E-state index contributed by atoms with van der Waals surface area (Å²) in [5, 5.41) is 14.0. The van der Waals surface area contributed by atoms with E-state index < -0.39 is 4.92 Å². The number of hydrogen-bond acceptors (Lipinski definition) is 6. The molecule has 9 heteroatoms. The van der Waals surface area contributed by atoms with Gasteiger partial charge in [0.25, 0.3) is 5.91 Å². The molecule has 1 aromatic rings. The first-order chi connectivity index (χ1) is 11.5. The van der Waals surface area contributed by atoms with E-state index >= 15 is 0 Å². The van der Waals surface area contributed by atoms with Crippen molar-refractivity contribution in [2.45, 2.75) is 12.8 Å². The molecule has 1 fully saturated rings. The van der Waals surface area contributed by atoms with E-state index in [-0.39, 0.29) is 36.4 Å². The van der Waals surface area contributed by atoms with E-state index in [1.165, 1.54) is 25.3 Å². The van der Waals surface area contributed by atoms with Crippen molar-refractivity contribution in [2.24, 2.45) is 5.92 Å². The average molecular weight is 374 g/mol. The third kappa shape index (κ3) is 5.75. The maximum Gasteiger partial charge on any atom is 0.311 e. The van der Waals surface area contributed by atoms with Crippen LogP contribution in [0.15, 0.2) is 18.2 Å². The number of nitrogens with one attached hydrogen (secondary N) is 1. The maximum absolute atomic E-state index is 12.3. The molecule has 0 radical (unpaired) electrons. The van der Waals surface area contributed by atoms with Crippen LogP contribution >= 0.6 is 12.4 Å². The molecule has 25 heavy (non-hydrogen) atoms. The fourth-order valence-electron chi connectivity index (χ4n) is 2.88. The summed E-state index contributed by atoms with van der Waals surface area (Å²) >= 11 is 0. The van der Waals surface area contributed by atoms with Crippen LogP contribution in [-0.2, 0) is 4.79 Å². The minimum atomic E-state index is -0.524. The molecule has 1 amide bonds. The Morgan fingerprint density at radius 1 is 1.48 bits per heavy atom. The summed E-state index contributed by atoms with van der Waals surface area (Å²) in [6, 6.07) is 4.20. The molecule has 140 valence electrons. The van der Waals surface area contributed by atoms with Crippen LogP contribution in [0.25, 0.3) is 0 Å². The van der Waals surface area contributed by atoms with E-state index in [0.29, 0.717) is 11.7 Å². The number of nitro benzene ring substituents is 1. The molecule has 2 rings (SSSR count). The Kier molecular flexibility index (Phi) is 8.44. The maximum atomic E-state index is 12.3. The van der Waals surface area contributed by atoms with E-state index in [0.717, 1.165) is 32.5 Å². The first-order valence-electron chi connectivity index (χ1n) is 7.92. The van der Waals surface area contributed by atoms with Crippen LogP contribution in [0.1, 0.15) is 12.8 Å². The summed E-state index contributed by atoms with van der Waals surface area (Å²) in [6.07, 6.45) is 2.11. The van der Waals surface area contributed by atoms with Crippen molar-refractivity contribution in [3.63, 3.8) is 0 Å². The molecule has 1 aliphatic heterocycles. The lowest BCUT2D eigenvalue weighted by Gasteiger charge is -2.32. The van der Waals surface area contributed by atoms with Gasteiger partial charge in [0.05, 0.1) is 12.0 Å². The highest BCUT2D eigenvalue weighted by Crippen LogP contribution is 2.30. The zero-order chi connectivity index (χ0) is 17.5. The van der Waals surface area contributed by atoms with Crippen LogP contribution in [-0.4, -0.2) is 56.1 Å². The van der Waals surface area contributed by atoms with Gasteiger partial charge >= 0.3 is 5.69 Å². The van der Waals surface area contributed by atoms with Crippen LogP contribution in [0.5, 0.6) is 11.5 Å². The second-order valence-corrected chi connectivity index (χ2v) is 5.79. The zero-order valence-electron chi connectivity index (χ0n) is 14.4. The minimum Gasteiger partial charge on any atom is -0.490 e. The Bertz CT molecular complexity index is 597. The van der Waals surface area contributed by atoms with Crippen molar-refractivity contribution in [2.75, 3.05) is 40.4 Å². The first-order valence-corrected chi connectivity index (χ1v) is 7.92. The lowest BCUT2D eigenvalue weighted by Crippen LogP contribution is -2.44. The van der Waals surface area contributed by atoms with Gasteiger partial charge < -0.3 is 19.7 Å². The molecule has 1 saturated heterocycles. The highest BCUT2D eigenvalue weighted by Gasteiger charge is 2.23. The fraction of sp³-hybridized carbons (Fsp3) is 0.562. The van der Waals surface area contributed by atoms with Gasteiger partial charge in [-0.3, -0.25) is 14.9 Å². The Hall–Kier alpha value is -2.06. The van der Waals surface area contributed by atoms with Gasteiger partial charge in [0.15, 0.2) is 6.61 Å². The summed E-state index contributed by atoms with van der Waals surface area (Å²) < 4.78 is 10.5. The molecule has 1 aromatic carbocycles. The van der Waals surface area contributed by atoms with Crippen molar-refractivity contribution in [1.82, 2.24) is 10.2 Å². The molecular weight excluding hydrogens is 350 g/mol. The smallest absolute Gasteiger partial charge is 0.311 e. The number of amides is 1. The number of nitro groups is 1. The number of carbonyl (C=O) groups excluding carboxylic acids is 1. The molecule has 0 spiro atoms. The third-order valence-corrected chi connectivity index (χ3v) is 4.07. The quantitative estimate of drug-likeness (QED) is 0.579. The normalized spacial score (nSPS) is 16.7. The van der Waals surface area contributed by atoms with Crippen LogP contribution < -0.4 is 14.8 Å². The molecule has 0 saturated carbocycles. The number of benzene rings is 1. The predicted molar refractivity (Wildman–Crippen MR) is 95.6 cm³/mol. The summed E-state index contributed by atoms with van der Waals surface area (Å²) in [7, 11) is 3.26. The second kappa shape index (κ2) is 10.0. The molecular formula is C16H24ClN3O5. The monoisotopic (exact) mass is 373 g/mol. The first kappa shape index (κ1) is 21.0. The number of piperidine rings is 1. The van der Waals surface area contributed by atoms with E-state index in [1.807, 2.05) is 11.9 Å². The molecule has 8 nitrogen and oxygen atoms in total. The van der Waals surface area contributed by atoms with Crippen molar-refractivity contribution in [1.29, 1.82) is 0 Å². The zero-order valence-corrected chi connectivity index (χ0v) is 15.2. The standard InChI is InChI=1S/C16H23N3O5.ClH/c1-17-9-12-4-3-7-18(10-12)16(20)11-24-13-5-6-14(19(21)22)15(8-13)23-2;/h5-6,8,12,17H,3-4,7,9-11H2,1-2H3;1H. The Morgan fingerprint density at radius 2 is 2.24 bits per heavy atom. The van der Waals surface area contributed by atoms with Gasteiger partial charge in [-0.25, -0.2) is 0 Å². The molecule has 1 N–H and O–H groups in total. The van der Waals surface area contributed by atoms with Gasteiger partial charge in [-0.15, -0.1) is 12.4 Å². The molecule has 0 bridgehead atoms. The molecule has 0 aromatic heterocycles. The predicted octanol–water partition coefficient (Wildman–Crippen LogP) is 1.86. The Morgan fingerprint density at radius 3 is 2.88 bits per heavy atom. The second-order valence-electron chi connectivity index (χ2n) is 5.79. The van der Waals surface area contributed by atoms with Gasteiger partial charge in [-0.05, 0) is 38.4 Å². The minimum absolute atomic E-state index is 0. The molecule has 0 aliphatic carbocycles. The highest BCUT2D eigenvalue weighted by atomic mass is 35.5. The van der Waals surface area contributed by atoms with Crippen LogP contribution in [0.2, 0.25) is 0 Å². The molecule has 1 unspecified atom stereocenters. The average Bonchev–Trinajstić information content (AvgIpc) is 2.59. The van der Waals surface area contributed by atoms with Gasteiger partial charge in [-0.1, -0.05) is 0 Å². The Labute approximate surface area is 153 Å². The summed E-state index contributed by atoms with van der Waals surface area (Å²) in [4.78, 5) is 24.4. The van der Waals surface area contributed by atoms with E-state index in [2.05, 4.69) is 5.32 Å². The van der Waals surface area contributed by atoms with Crippen molar-refractivity contribution < 1.29 is 19.2 Å². The molecule has 1 aliphatic rings. The van der Waals surface area contributed by atoms with Crippen molar-refractivity contribution in [3.8, 4) is 11.5 Å². The third-order valence-electron chi connectivity index (χ3n) is 4.07. The van der Waals surface area contributed by atoms with E-state index in [4.69, 9.17) is 9.47 Å². The topological polar surface area (TPSA) is 93.9 Å². The number of carbonyl (C=O) groups is 1. The van der Waals surface area contributed by atoms with Gasteiger partial charge in [0, 0.05) is 25.2 Å². The number of hydrogen-bond donors (Lipinski definition) is 1. The van der Waals surface area contributed by atoms with Crippen molar-refractivity contribution in [3.05, 3.63) is 28.3 Å². The number of methoxy groups -OCH3 is 1. The highest BCUT2D eigenvalue weighted by molar-refractivity contribution is 5.85.